The molecule has 17 heavy (non-hydrogen) atoms. The number of carbonyl (C=O) groups is 1. The summed E-state index contributed by atoms with van der Waals surface area (Å²) in [6.07, 6.45) is 2.81. The monoisotopic (exact) mass is 238 g/mol. The van der Waals surface area contributed by atoms with Crippen LogP contribution >= 0.6 is 0 Å². The van der Waals surface area contributed by atoms with Gasteiger partial charge in [0, 0.05) is 30.9 Å². The lowest BCUT2D eigenvalue weighted by Crippen LogP contribution is -2.46. The molecule has 96 valence electrons. The second kappa shape index (κ2) is 5.21. The number of nitrogens with one attached hydrogen (secondary N) is 2. The van der Waals surface area contributed by atoms with E-state index in [1.807, 2.05) is 34.0 Å². The molecule has 5 heteroatoms. The summed E-state index contributed by atoms with van der Waals surface area (Å²) >= 11 is 0. The summed E-state index contributed by atoms with van der Waals surface area (Å²) in [5.41, 5.74) is 1.88. The van der Waals surface area contributed by atoms with Gasteiger partial charge in [0.2, 0.25) is 0 Å². The molecule has 0 aliphatic carbocycles. The SMILES string of the molecule is CCc1nn(C)cc1CNC(=O)NC(C)(C)C. The van der Waals surface area contributed by atoms with Gasteiger partial charge in [0.05, 0.1) is 5.69 Å². The minimum atomic E-state index is -0.216. The quantitative estimate of drug-likeness (QED) is 0.840. The first-order chi connectivity index (χ1) is 7.81. The molecule has 2 amide bonds. The fraction of sp³-hybridized carbons (Fsp3) is 0.667. The second-order valence-corrected chi connectivity index (χ2v) is 5.19. The van der Waals surface area contributed by atoms with E-state index >= 15 is 0 Å². The molecule has 0 saturated heterocycles. The van der Waals surface area contributed by atoms with E-state index in [1.165, 1.54) is 0 Å². The number of rotatable bonds is 3. The van der Waals surface area contributed by atoms with E-state index in [-0.39, 0.29) is 11.6 Å². The van der Waals surface area contributed by atoms with Gasteiger partial charge in [-0.15, -0.1) is 0 Å². The summed E-state index contributed by atoms with van der Waals surface area (Å²) < 4.78 is 1.78. The Morgan fingerprint density at radius 3 is 2.65 bits per heavy atom. The highest BCUT2D eigenvalue weighted by molar-refractivity contribution is 5.74. The molecule has 1 aromatic rings. The zero-order valence-electron chi connectivity index (χ0n) is 11.3. The van der Waals surface area contributed by atoms with E-state index < -0.39 is 0 Å². The van der Waals surface area contributed by atoms with Gasteiger partial charge in [-0.3, -0.25) is 4.68 Å². The number of carbonyl (C=O) groups excluding carboxylic acids is 1. The van der Waals surface area contributed by atoms with Crippen LogP contribution in [0.4, 0.5) is 4.79 Å². The molecule has 0 aromatic carbocycles. The maximum absolute atomic E-state index is 11.6. The molecule has 1 aromatic heterocycles. The van der Waals surface area contributed by atoms with E-state index in [2.05, 4.69) is 22.7 Å². The highest BCUT2D eigenvalue weighted by Gasteiger charge is 2.14. The topological polar surface area (TPSA) is 59.0 Å². The van der Waals surface area contributed by atoms with E-state index in [0.29, 0.717) is 6.54 Å². The Morgan fingerprint density at radius 2 is 2.12 bits per heavy atom. The van der Waals surface area contributed by atoms with Gasteiger partial charge in [-0.2, -0.15) is 5.10 Å². The summed E-state index contributed by atoms with van der Waals surface area (Å²) in [6.45, 7) is 8.43. The average Bonchev–Trinajstić information content (AvgIpc) is 2.53. The van der Waals surface area contributed by atoms with Gasteiger partial charge in [-0.25, -0.2) is 4.79 Å². The first-order valence-electron chi connectivity index (χ1n) is 5.89. The smallest absolute Gasteiger partial charge is 0.315 e. The lowest BCUT2D eigenvalue weighted by Gasteiger charge is -2.20. The molecule has 1 rings (SSSR count). The van der Waals surface area contributed by atoms with Crippen molar-refractivity contribution in [2.75, 3.05) is 0 Å². The number of amides is 2. The summed E-state index contributed by atoms with van der Waals surface area (Å²) in [6, 6.07) is -0.150. The highest BCUT2D eigenvalue weighted by atomic mass is 16.2. The first-order valence-corrected chi connectivity index (χ1v) is 5.89. The molecule has 2 N–H and O–H groups in total. The lowest BCUT2D eigenvalue weighted by atomic mass is 10.1. The number of nitrogens with zero attached hydrogens (tertiary/aromatic N) is 2. The molecule has 0 bridgehead atoms. The van der Waals surface area contributed by atoms with E-state index in [0.717, 1.165) is 17.7 Å². The average molecular weight is 238 g/mol. The molecule has 0 saturated carbocycles. The van der Waals surface area contributed by atoms with Crippen LogP contribution in [0, 0.1) is 0 Å². The third-order valence-corrected chi connectivity index (χ3v) is 2.25. The molecular weight excluding hydrogens is 216 g/mol. The largest absolute Gasteiger partial charge is 0.334 e. The predicted molar refractivity (Wildman–Crippen MR) is 67.7 cm³/mol. The molecular formula is C12H22N4O. The molecule has 0 unspecified atom stereocenters. The summed E-state index contributed by atoms with van der Waals surface area (Å²) in [5.74, 6) is 0. The molecule has 0 aliphatic rings. The van der Waals surface area contributed by atoms with Crippen molar-refractivity contribution in [3.63, 3.8) is 0 Å². The minimum absolute atomic E-state index is 0.150. The van der Waals surface area contributed by atoms with Crippen molar-refractivity contribution in [3.8, 4) is 0 Å². The molecule has 0 fully saturated rings. The summed E-state index contributed by atoms with van der Waals surface area (Å²) in [4.78, 5) is 11.6. The Kier molecular flexibility index (Phi) is 4.15. The van der Waals surface area contributed by atoms with Crippen LogP contribution in [0.15, 0.2) is 6.20 Å². The lowest BCUT2D eigenvalue weighted by molar-refractivity contribution is 0.231. The van der Waals surface area contributed by atoms with Crippen molar-refractivity contribution in [2.45, 2.75) is 46.2 Å². The second-order valence-electron chi connectivity index (χ2n) is 5.19. The van der Waals surface area contributed by atoms with Crippen molar-refractivity contribution in [2.24, 2.45) is 7.05 Å². The van der Waals surface area contributed by atoms with Crippen LogP contribution < -0.4 is 10.6 Å². The van der Waals surface area contributed by atoms with E-state index in [9.17, 15) is 4.79 Å². The maximum atomic E-state index is 11.6. The van der Waals surface area contributed by atoms with Crippen molar-refractivity contribution in [1.29, 1.82) is 0 Å². The van der Waals surface area contributed by atoms with Gasteiger partial charge in [0.15, 0.2) is 0 Å². The van der Waals surface area contributed by atoms with E-state index in [1.54, 1.807) is 4.68 Å². The van der Waals surface area contributed by atoms with Gasteiger partial charge in [-0.1, -0.05) is 6.92 Å². The van der Waals surface area contributed by atoms with Gasteiger partial charge in [0.25, 0.3) is 0 Å². The minimum Gasteiger partial charge on any atom is -0.334 e. The van der Waals surface area contributed by atoms with Crippen molar-refractivity contribution in [3.05, 3.63) is 17.5 Å². The van der Waals surface area contributed by atoms with Crippen LogP contribution in [0.25, 0.3) is 0 Å². The molecule has 1 heterocycles. The molecule has 0 radical (unpaired) electrons. The van der Waals surface area contributed by atoms with Crippen LogP contribution in [0.1, 0.15) is 39.0 Å². The Morgan fingerprint density at radius 1 is 1.47 bits per heavy atom. The fourth-order valence-corrected chi connectivity index (χ4v) is 1.59. The number of aromatic nitrogens is 2. The van der Waals surface area contributed by atoms with Crippen molar-refractivity contribution < 1.29 is 4.79 Å². The van der Waals surface area contributed by atoms with Crippen LogP contribution in [-0.4, -0.2) is 21.4 Å². The van der Waals surface area contributed by atoms with Gasteiger partial charge in [0.1, 0.15) is 0 Å². The third-order valence-electron chi connectivity index (χ3n) is 2.25. The number of hydrogen-bond acceptors (Lipinski definition) is 2. The van der Waals surface area contributed by atoms with Crippen molar-refractivity contribution in [1.82, 2.24) is 20.4 Å². The van der Waals surface area contributed by atoms with Crippen LogP contribution in [-0.2, 0) is 20.0 Å². The predicted octanol–water partition coefficient (Wildman–Crippen LogP) is 1.58. The number of aryl methyl sites for hydroxylation is 2. The standard InChI is InChI=1S/C12H22N4O/c1-6-10-9(8-16(5)15-10)7-13-11(17)14-12(2,3)4/h8H,6-7H2,1-5H3,(H2,13,14,17). The number of hydrogen-bond donors (Lipinski definition) is 2. The van der Waals surface area contributed by atoms with Crippen LogP contribution in [0.3, 0.4) is 0 Å². The molecule has 5 nitrogen and oxygen atoms in total. The Labute approximate surface area is 103 Å². The molecule has 0 spiro atoms. The maximum Gasteiger partial charge on any atom is 0.315 e. The van der Waals surface area contributed by atoms with Gasteiger partial charge < -0.3 is 10.6 Å². The highest BCUT2D eigenvalue weighted by Crippen LogP contribution is 2.06. The normalized spacial score (nSPS) is 11.4. The Bertz CT molecular complexity index is 390. The Balaban J connectivity index is 2.53. The first kappa shape index (κ1) is 13.5. The summed E-state index contributed by atoms with van der Waals surface area (Å²) in [5, 5.41) is 10.0. The zero-order chi connectivity index (χ0) is 13.1. The molecule has 0 atom stereocenters. The number of urea groups is 1. The van der Waals surface area contributed by atoms with E-state index in [4.69, 9.17) is 0 Å². The van der Waals surface area contributed by atoms with Crippen LogP contribution in [0.5, 0.6) is 0 Å². The van der Waals surface area contributed by atoms with Crippen LogP contribution in [0.2, 0.25) is 0 Å². The fourth-order valence-electron chi connectivity index (χ4n) is 1.59. The third kappa shape index (κ3) is 4.46. The zero-order valence-corrected chi connectivity index (χ0v) is 11.3. The Hall–Kier alpha value is -1.52. The summed E-state index contributed by atoms with van der Waals surface area (Å²) in [7, 11) is 1.89. The van der Waals surface area contributed by atoms with Gasteiger partial charge >= 0.3 is 6.03 Å². The van der Waals surface area contributed by atoms with Gasteiger partial charge in [-0.05, 0) is 27.2 Å². The molecule has 0 aliphatic heterocycles. The van der Waals surface area contributed by atoms with Crippen molar-refractivity contribution >= 4 is 6.03 Å².